The number of halogens is 1. The Morgan fingerprint density at radius 3 is 3.00 bits per heavy atom. The molecule has 0 saturated heterocycles. The molecule has 108 valence electrons. The summed E-state index contributed by atoms with van der Waals surface area (Å²) >= 11 is 3.47. The number of hydrogen-bond acceptors (Lipinski definition) is 3. The zero-order valence-electron chi connectivity index (χ0n) is 11.0. The molecule has 0 unspecified atom stereocenters. The van der Waals surface area contributed by atoms with Crippen LogP contribution in [0.4, 0.5) is 0 Å². The van der Waals surface area contributed by atoms with Gasteiger partial charge in [0.1, 0.15) is 11.3 Å². The summed E-state index contributed by atoms with van der Waals surface area (Å²) in [7, 11) is 0. The van der Waals surface area contributed by atoms with Gasteiger partial charge in [-0.1, -0.05) is 15.9 Å². The first-order valence-corrected chi connectivity index (χ1v) is 7.21. The number of carboxylic acid groups (broad SMARTS) is 1. The Morgan fingerprint density at radius 2 is 2.24 bits per heavy atom. The van der Waals surface area contributed by atoms with Crippen molar-refractivity contribution in [3.63, 3.8) is 0 Å². The maximum Gasteiger partial charge on any atom is 0.341 e. The second kappa shape index (κ2) is 5.37. The van der Waals surface area contributed by atoms with Crippen LogP contribution < -0.4 is 10.2 Å². The second-order valence-corrected chi connectivity index (χ2v) is 5.77. The third kappa shape index (κ3) is 2.71. The number of nitrogens with zero attached hydrogens (tertiary/aromatic N) is 1. The van der Waals surface area contributed by atoms with E-state index in [1.165, 1.54) is 12.3 Å². The van der Waals surface area contributed by atoms with Crippen LogP contribution in [0.2, 0.25) is 0 Å². The first-order chi connectivity index (χ1) is 10.0. The van der Waals surface area contributed by atoms with Crippen molar-refractivity contribution in [2.24, 2.45) is 0 Å². The van der Waals surface area contributed by atoms with Gasteiger partial charge in [0.05, 0.1) is 13.2 Å². The highest BCUT2D eigenvalue weighted by atomic mass is 79.9. The molecule has 1 aromatic heterocycles. The van der Waals surface area contributed by atoms with Crippen LogP contribution in [0.1, 0.15) is 21.5 Å². The molecule has 1 aromatic carbocycles. The predicted molar refractivity (Wildman–Crippen MR) is 80.1 cm³/mol. The molecule has 2 aromatic rings. The summed E-state index contributed by atoms with van der Waals surface area (Å²) in [4.78, 5) is 22.5. The number of aromatic nitrogens is 1. The monoisotopic (exact) mass is 349 g/mol. The number of fused-ring (bicyclic) bond motifs is 1. The fourth-order valence-corrected chi connectivity index (χ4v) is 3.00. The minimum Gasteiger partial charge on any atom is -0.493 e. The summed E-state index contributed by atoms with van der Waals surface area (Å²) in [6.45, 7) is 1.10. The number of aromatic carboxylic acids is 1. The first-order valence-electron chi connectivity index (χ1n) is 6.42. The van der Waals surface area contributed by atoms with Crippen molar-refractivity contribution < 1.29 is 14.6 Å². The minimum absolute atomic E-state index is 0.231. The van der Waals surface area contributed by atoms with Crippen LogP contribution in [-0.4, -0.2) is 22.2 Å². The summed E-state index contributed by atoms with van der Waals surface area (Å²) < 4.78 is 8.28. The standard InChI is InChI=1S/C15H12BrNO4/c16-11-5-9-2-4-21-14(9)10(6-11)7-17-3-1-13(18)12(8-17)15(19)20/h1,3,5-6,8H,2,4,7H2,(H,19,20). The van der Waals surface area contributed by atoms with Crippen LogP contribution in [0.25, 0.3) is 0 Å². The molecule has 0 aliphatic carbocycles. The van der Waals surface area contributed by atoms with E-state index in [0.717, 1.165) is 27.8 Å². The van der Waals surface area contributed by atoms with Gasteiger partial charge < -0.3 is 14.4 Å². The molecule has 1 aliphatic rings. The highest BCUT2D eigenvalue weighted by Crippen LogP contribution is 2.33. The Labute approximate surface area is 128 Å². The maximum atomic E-state index is 11.5. The highest BCUT2D eigenvalue weighted by molar-refractivity contribution is 9.10. The van der Waals surface area contributed by atoms with Crippen molar-refractivity contribution in [3.8, 4) is 5.75 Å². The van der Waals surface area contributed by atoms with Gasteiger partial charge in [0, 0.05) is 34.9 Å². The molecular formula is C15H12BrNO4. The lowest BCUT2D eigenvalue weighted by atomic mass is 10.1. The fourth-order valence-electron chi connectivity index (χ4n) is 2.44. The Morgan fingerprint density at radius 1 is 1.43 bits per heavy atom. The molecule has 5 nitrogen and oxygen atoms in total. The van der Waals surface area contributed by atoms with Crippen LogP contribution in [0, 0.1) is 0 Å². The lowest BCUT2D eigenvalue weighted by molar-refractivity contribution is 0.0694. The van der Waals surface area contributed by atoms with Gasteiger partial charge in [-0.3, -0.25) is 4.79 Å². The van der Waals surface area contributed by atoms with Gasteiger partial charge in [0.25, 0.3) is 0 Å². The van der Waals surface area contributed by atoms with E-state index in [4.69, 9.17) is 9.84 Å². The SMILES string of the molecule is O=C(O)c1cn(Cc2cc(Br)cc3c2OCC3)ccc1=O. The summed E-state index contributed by atoms with van der Waals surface area (Å²) in [6.07, 6.45) is 3.80. The maximum absolute atomic E-state index is 11.5. The van der Waals surface area contributed by atoms with Crippen molar-refractivity contribution in [2.75, 3.05) is 6.61 Å². The van der Waals surface area contributed by atoms with Gasteiger partial charge in [-0.25, -0.2) is 4.79 Å². The van der Waals surface area contributed by atoms with E-state index >= 15 is 0 Å². The summed E-state index contributed by atoms with van der Waals surface area (Å²) in [5, 5.41) is 9.01. The number of carbonyl (C=O) groups is 1. The van der Waals surface area contributed by atoms with Gasteiger partial charge in [-0.2, -0.15) is 0 Å². The molecule has 1 N–H and O–H groups in total. The van der Waals surface area contributed by atoms with E-state index in [9.17, 15) is 9.59 Å². The quantitative estimate of drug-likeness (QED) is 0.922. The minimum atomic E-state index is -1.22. The Hall–Kier alpha value is -2.08. The van der Waals surface area contributed by atoms with Gasteiger partial charge >= 0.3 is 5.97 Å². The third-order valence-electron chi connectivity index (χ3n) is 3.39. The number of benzene rings is 1. The molecule has 0 atom stereocenters. The van der Waals surface area contributed by atoms with E-state index in [-0.39, 0.29) is 5.56 Å². The topological polar surface area (TPSA) is 68.5 Å². The fraction of sp³-hybridized carbons (Fsp3) is 0.200. The highest BCUT2D eigenvalue weighted by Gasteiger charge is 2.18. The molecule has 0 amide bonds. The number of carboxylic acids is 1. The first kappa shape index (κ1) is 13.9. The molecule has 0 bridgehead atoms. The number of rotatable bonds is 3. The molecular weight excluding hydrogens is 338 g/mol. The Kier molecular flexibility index (Phi) is 3.55. The van der Waals surface area contributed by atoms with Gasteiger partial charge in [-0.15, -0.1) is 0 Å². The van der Waals surface area contributed by atoms with E-state index < -0.39 is 11.4 Å². The van der Waals surface area contributed by atoms with Crippen LogP contribution >= 0.6 is 15.9 Å². The Balaban J connectivity index is 2.00. The molecule has 0 spiro atoms. The molecule has 0 fully saturated rings. The van der Waals surface area contributed by atoms with Crippen molar-refractivity contribution in [2.45, 2.75) is 13.0 Å². The van der Waals surface area contributed by atoms with Crippen molar-refractivity contribution in [3.05, 3.63) is 62.0 Å². The van der Waals surface area contributed by atoms with Gasteiger partial charge in [-0.05, 0) is 17.7 Å². The smallest absolute Gasteiger partial charge is 0.341 e. The summed E-state index contributed by atoms with van der Waals surface area (Å²) in [5.74, 6) is -0.362. The molecule has 21 heavy (non-hydrogen) atoms. The van der Waals surface area contributed by atoms with E-state index in [1.807, 2.05) is 12.1 Å². The van der Waals surface area contributed by atoms with Crippen LogP contribution in [0.3, 0.4) is 0 Å². The largest absolute Gasteiger partial charge is 0.493 e. The molecule has 3 rings (SSSR count). The van der Waals surface area contributed by atoms with Crippen LogP contribution in [-0.2, 0) is 13.0 Å². The summed E-state index contributed by atoms with van der Waals surface area (Å²) in [6, 6.07) is 5.24. The molecule has 1 aliphatic heterocycles. The zero-order valence-corrected chi connectivity index (χ0v) is 12.6. The molecule has 0 saturated carbocycles. The normalized spacial score (nSPS) is 12.8. The molecule has 0 radical (unpaired) electrons. The van der Waals surface area contributed by atoms with E-state index in [1.54, 1.807) is 10.8 Å². The number of ether oxygens (including phenoxy) is 1. The summed E-state index contributed by atoms with van der Waals surface area (Å²) in [5.41, 5.74) is 1.37. The van der Waals surface area contributed by atoms with Crippen molar-refractivity contribution in [1.82, 2.24) is 4.57 Å². The van der Waals surface area contributed by atoms with Crippen LogP contribution in [0.5, 0.6) is 5.75 Å². The van der Waals surface area contributed by atoms with E-state index in [2.05, 4.69) is 15.9 Å². The number of pyridine rings is 1. The average Bonchev–Trinajstić information content (AvgIpc) is 2.88. The third-order valence-corrected chi connectivity index (χ3v) is 3.84. The average molecular weight is 350 g/mol. The van der Waals surface area contributed by atoms with Gasteiger partial charge in [0.15, 0.2) is 5.43 Å². The number of hydrogen-bond donors (Lipinski definition) is 1. The molecule has 2 heterocycles. The van der Waals surface area contributed by atoms with Crippen molar-refractivity contribution in [1.29, 1.82) is 0 Å². The predicted octanol–water partition coefficient (Wildman–Crippen LogP) is 2.29. The van der Waals surface area contributed by atoms with Crippen LogP contribution in [0.15, 0.2) is 39.9 Å². The Bertz CT molecular complexity index is 782. The van der Waals surface area contributed by atoms with Crippen molar-refractivity contribution >= 4 is 21.9 Å². The lowest BCUT2D eigenvalue weighted by Crippen LogP contribution is -2.17. The second-order valence-electron chi connectivity index (χ2n) is 4.85. The van der Waals surface area contributed by atoms with E-state index in [0.29, 0.717) is 13.2 Å². The van der Waals surface area contributed by atoms with Gasteiger partial charge in [0.2, 0.25) is 0 Å². The molecule has 6 heteroatoms. The zero-order chi connectivity index (χ0) is 15.0. The lowest BCUT2D eigenvalue weighted by Gasteiger charge is -2.12.